The van der Waals surface area contributed by atoms with Gasteiger partial charge in [0.2, 0.25) is 0 Å². The van der Waals surface area contributed by atoms with Crippen LogP contribution in [0.25, 0.3) is 0 Å². The Kier molecular flexibility index (Phi) is 2.60. The van der Waals surface area contributed by atoms with Crippen LogP contribution in [0, 0.1) is 0 Å². The van der Waals surface area contributed by atoms with E-state index in [-0.39, 0.29) is 0 Å². The largest absolute Gasteiger partial charge is 0.381 e. The van der Waals surface area contributed by atoms with Gasteiger partial charge in [-0.2, -0.15) is 0 Å². The Morgan fingerprint density at radius 3 is 3.06 bits per heavy atom. The van der Waals surface area contributed by atoms with E-state index < -0.39 is 0 Å². The van der Waals surface area contributed by atoms with E-state index in [1.54, 1.807) is 0 Å². The summed E-state index contributed by atoms with van der Waals surface area (Å²) in [7, 11) is 0. The second kappa shape index (κ2) is 4.10. The lowest BCUT2D eigenvalue weighted by Gasteiger charge is -2.25. The van der Waals surface area contributed by atoms with Crippen LogP contribution in [0.1, 0.15) is 37.7 Å². The van der Waals surface area contributed by atoms with E-state index >= 15 is 0 Å². The molecule has 0 aliphatic carbocycles. The van der Waals surface area contributed by atoms with Crippen molar-refractivity contribution >= 4 is 5.69 Å². The Labute approximate surface area is 97.4 Å². The maximum atomic E-state index is 3.70. The molecule has 0 aromatic heterocycles. The molecule has 2 nitrogen and oxygen atoms in total. The summed E-state index contributed by atoms with van der Waals surface area (Å²) in [5.74, 6) is 0.670. The van der Waals surface area contributed by atoms with Crippen molar-refractivity contribution in [2.45, 2.75) is 44.2 Å². The van der Waals surface area contributed by atoms with Crippen molar-refractivity contribution in [3.05, 3.63) is 29.8 Å². The average Bonchev–Trinajstić information content (AvgIpc) is 2.56. The number of hydrogen-bond donors (Lipinski definition) is 2. The van der Waals surface area contributed by atoms with Crippen molar-refractivity contribution in [3.8, 4) is 0 Å². The molecule has 2 N–H and O–H groups in total. The Morgan fingerprint density at radius 2 is 2.19 bits per heavy atom. The lowest BCUT2D eigenvalue weighted by Crippen LogP contribution is -2.36. The van der Waals surface area contributed by atoms with Gasteiger partial charge in [0.05, 0.1) is 0 Å². The lowest BCUT2D eigenvalue weighted by atomic mass is 9.86. The maximum Gasteiger partial charge on any atom is 0.0379 e. The van der Waals surface area contributed by atoms with E-state index in [4.69, 9.17) is 0 Å². The van der Waals surface area contributed by atoms with E-state index in [9.17, 15) is 0 Å². The summed E-state index contributed by atoms with van der Waals surface area (Å²) in [5, 5.41) is 7.40. The molecule has 1 aromatic carbocycles. The molecule has 86 valence electrons. The smallest absolute Gasteiger partial charge is 0.0379 e. The second-order valence-electron chi connectivity index (χ2n) is 4.97. The molecule has 0 amide bonds. The predicted octanol–water partition coefficient (Wildman–Crippen LogP) is 2.73. The number of para-hydroxylation sites is 1. The van der Waals surface area contributed by atoms with Crippen LogP contribution >= 0.6 is 0 Å². The summed E-state index contributed by atoms with van der Waals surface area (Å²) in [5.41, 5.74) is 2.88. The van der Waals surface area contributed by atoms with Gasteiger partial charge in [-0.25, -0.2) is 0 Å². The van der Waals surface area contributed by atoms with Crippen molar-refractivity contribution in [3.63, 3.8) is 0 Å². The number of fused-ring (bicyclic) bond motifs is 3. The second-order valence-corrected chi connectivity index (χ2v) is 4.97. The third-order valence-corrected chi connectivity index (χ3v) is 4.07. The highest BCUT2D eigenvalue weighted by molar-refractivity contribution is 5.60. The van der Waals surface area contributed by atoms with Gasteiger partial charge in [-0.05, 0) is 37.4 Å². The fraction of sp³-hybridized carbons (Fsp3) is 0.571. The highest BCUT2D eigenvalue weighted by Gasteiger charge is 2.37. The van der Waals surface area contributed by atoms with Gasteiger partial charge in [-0.3, -0.25) is 0 Å². The first kappa shape index (κ1) is 10.2. The van der Waals surface area contributed by atoms with Crippen LogP contribution in [0.5, 0.6) is 0 Å². The van der Waals surface area contributed by atoms with Gasteiger partial charge in [0.25, 0.3) is 0 Å². The summed E-state index contributed by atoms with van der Waals surface area (Å²) in [6, 6.07) is 10.1. The predicted molar refractivity (Wildman–Crippen MR) is 67.9 cm³/mol. The molecule has 1 saturated heterocycles. The Hall–Kier alpha value is -1.02. The van der Waals surface area contributed by atoms with Gasteiger partial charge >= 0.3 is 0 Å². The molecule has 0 bridgehead atoms. The van der Waals surface area contributed by atoms with Crippen molar-refractivity contribution in [2.24, 2.45) is 0 Å². The van der Waals surface area contributed by atoms with Gasteiger partial charge in [0.15, 0.2) is 0 Å². The molecular formula is C14H20N2. The van der Waals surface area contributed by atoms with Crippen molar-refractivity contribution in [1.82, 2.24) is 5.32 Å². The molecule has 16 heavy (non-hydrogen) atoms. The number of rotatable bonds is 1. The standard InChI is InChI=1S/C14H20N2/c1-2-11-14-10-6-3-4-7-12(10)16-13(14)8-5-9-15-11/h3-4,6-7,11,13-16H,2,5,8-9H2,1H3. The fourth-order valence-electron chi connectivity index (χ4n) is 3.31. The third-order valence-electron chi connectivity index (χ3n) is 4.07. The van der Waals surface area contributed by atoms with E-state index in [2.05, 4.69) is 41.8 Å². The summed E-state index contributed by atoms with van der Waals surface area (Å²) in [6.45, 7) is 3.47. The molecule has 0 radical (unpaired) electrons. The highest BCUT2D eigenvalue weighted by Crippen LogP contribution is 2.41. The van der Waals surface area contributed by atoms with Crippen LogP contribution in [0.4, 0.5) is 5.69 Å². The maximum absolute atomic E-state index is 3.70. The summed E-state index contributed by atoms with van der Waals surface area (Å²) >= 11 is 0. The highest BCUT2D eigenvalue weighted by atomic mass is 15.0. The zero-order valence-electron chi connectivity index (χ0n) is 9.87. The molecule has 1 aromatic rings. The summed E-state index contributed by atoms with van der Waals surface area (Å²) < 4.78 is 0. The zero-order valence-corrected chi connectivity index (χ0v) is 9.87. The molecule has 2 aliphatic heterocycles. The van der Waals surface area contributed by atoms with Gasteiger partial charge in [-0.15, -0.1) is 0 Å². The molecule has 1 fully saturated rings. The van der Waals surface area contributed by atoms with E-state index in [0.717, 1.165) is 0 Å². The normalized spacial score (nSPS) is 32.4. The van der Waals surface area contributed by atoms with Crippen LogP contribution in [0.3, 0.4) is 0 Å². The Morgan fingerprint density at radius 1 is 1.31 bits per heavy atom. The molecule has 0 spiro atoms. The molecule has 0 saturated carbocycles. The SMILES string of the molecule is CCC1NCCCC2Nc3ccccc3C12. The fourth-order valence-corrected chi connectivity index (χ4v) is 3.31. The van der Waals surface area contributed by atoms with Gasteiger partial charge in [0.1, 0.15) is 0 Å². The van der Waals surface area contributed by atoms with Crippen LogP contribution < -0.4 is 10.6 Å². The van der Waals surface area contributed by atoms with Gasteiger partial charge in [-0.1, -0.05) is 25.1 Å². The quantitative estimate of drug-likeness (QED) is 0.754. The zero-order chi connectivity index (χ0) is 11.0. The minimum absolute atomic E-state index is 0.642. The third kappa shape index (κ3) is 1.52. The molecular weight excluding hydrogens is 196 g/mol. The van der Waals surface area contributed by atoms with Crippen molar-refractivity contribution < 1.29 is 0 Å². The van der Waals surface area contributed by atoms with Crippen molar-refractivity contribution in [1.29, 1.82) is 0 Å². The van der Waals surface area contributed by atoms with Gasteiger partial charge < -0.3 is 10.6 Å². The first-order chi connectivity index (χ1) is 7.90. The van der Waals surface area contributed by atoms with Crippen LogP contribution in [0.2, 0.25) is 0 Å². The number of hydrogen-bond acceptors (Lipinski definition) is 2. The van der Waals surface area contributed by atoms with E-state index in [0.29, 0.717) is 18.0 Å². The van der Waals surface area contributed by atoms with Crippen LogP contribution in [-0.4, -0.2) is 18.6 Å². The summed E-state index contributed by atoms with van der Waals surface area (Å²) in [6.07, 6.45) is 3.80. The molecule has 2 aliphatic rings. The Bertz CT molecular complexity index is 371. The minimum Gasteiger partial charge on any atom is -0.381 e. The average molecular weight is 216 g/mol. The molecule has 2 heteroatoms. The van der Waals surface area contributed by atoms with Gasteiger partial charge in [0, 0.05) is 23.7 Å². The lowest BCUT2D eigenvalue weighted by molar-refractivity contribution is 0.431. The molecule has 2 heterocycles. The number of nitrogens with one attached hydrogen (secondary N) is 2. The number of benzene rings is 1. The van der Waals surface area contributed by atoms with E-state index in [1.165, 1.54) is 37.1 Å². The Balaban J connectivity index is 1.98. The first-order valence-corrected chi connectivity index (χ1v) is 6.49. The minimum atomic E-state index is 0.642. The topological polar surface area (TPSA) is 24.1 Å². The first-order valence-electron chi connectivity index (χ1n) is 6.49. The monoisotopic (exact) mass is 216 g/mol. The number of anilines is 1. The van der Waals surface area contributed by atoms with Crippen molar-refractivity contribution in [2.75, 3.05) is 11.9 Å². The molecule has 3 unspecified atom stereocenters. The van der Waals surface area contributed by atoms with Crippen LogP contribution in [0.15, 0.2) is 24.3 Å². The van der Waals surface area contributed by atoms with E-state index in [1.807, 2.05) is 0 Å². The summed E-state index contributed by atoms with van der Waals surface area (Å²) in [4.78, 5) is 0. The molecule has 3 atom stereocenters. The van der Waals surface area contributed by atoms with Crippen LogP contribution in [-0.2, 0) is 0 Å². The molecule has 3 rings (SSSR count).